The third-order valence-electron chi connectivity index (χ3n) is 4.44. The summed E-state index contributed by atoms with van der Waals surface area (Å²) < 4.78 is 1.46. The van der Waals surface area contributed by atoms with Crippen molar-refractivity contribution in [3.05, 3.63) is 19.4 Å². The molecule has 0 bridgehead atoms. The molecule has 1 aromatic heterocycles. The molecule has 1 heterocycles. The fourth-order valence-corrected chi connectivity index (χ4v) is 5.06. The number of unbranched alkanes of at least 4 members (excludes halogenated alkanes) is 5. The first-order chi connectivity index (χ1) is 9.55. The summed E-state index contributed by atoms with van der Waals surface area (Å²) in [5.41, 5.74) is 1.96. The van der Waals surface area contributed by atoms with Gasteiger partial charge in [-0.3, -0.25) is 0 Å². The fourth-order valence-electron chi connectivity index (χ4n) is 3.05. The van der Waals surface area contributed by atoms with Crippen LogP contribution in [-0.2, 0) is 5.41 Å². The largest absolute Gasteiger partial charge is 0.147 e. The summed E-state index contributed by atoms with van der Waals surface area (Å²) in [6.07, 6.45) is 12.4. The molecule has 0 N–H and O–H groups in total. The zero-order chi connectivity index (χ0) is 15.0. The minimum Gasteiger partial charge on any atom is -0.147 e. The molecular weight excluding hydrogens is 375 g/mol. The standard InChI is InChI=1S/C18H31IS/c1-5-7-9-11-13-18(4,12-10-8-6-2)17-15(3)16(19)14-20-17/h14H,5-13H2,1-4H3. The van der Waals surface area contributed by atoms with Crippen molar-refractivity contribution >= 4 is 33.9 Å². The molecule has 0 saturated carbocycles. The molecule has 0 fully saturated rings. The zero-order valence-electron chi connectivity index (χ0n) is 13.7. The van der Waals surface area contributed by atoms with Crippen LogP contribution in [0.3, 0.4) is 0 Å². The van der Waals surface area contributed by atoms with Crippen LogP contribution in [0, 0.1) is 10.5 Å². The van der Waals surface area contributed by atoms with E-state index >= 15 is 0 Å². The normalized spacial score (nSPS) is 14.4. The SMILES string of the molecule is CCCCCCC(C)(CCCCC)c1scc(I)c1C. The summed E-state index contributed by atoms with van der Waals surface area (Å²) >= 11 is 4.49. The summed E-state index contributed by atoms with van der Waals surface area (Å²) in [7, 11) is 0. The van der Waals surface area contributed by atoms with Gasteiger partial charge in [0.25, 0.3) is 0 Å². The van der Waals surface area contributed by atoms with Crippen molar-refractivity contribution in [1.29, 1.82) is 0 Å². The van der Waals surface area contributed by atoms with Crippen LogP contribution in [0.25, 0.3) is 0 Å². The van der Waals surface area contributed by atoms with Gasteiger partial charge in [-0.05, 0) is 47.9 Å². The van der Waals surface area contributed by atoms with Gasteiger partial charge >= 0.3 is 0 Å². The average molecular weight is 406 g/mol. The molecule has 0 aromatic carbocycles. The summed E-state index contributed by atoms with van der Waals surface area (Å²) in [6.45, 7) is 9.44. The highest BCUT2D eigenvalue weighted by molar-refractivity contribution is 14.1. The van der Waals surface area contributed by atoms with Crippen molar-refractivity contribution < 1.29 is 0 Å². The molecule has 0 radical (unpaired) electrons. The molecule has 1 unspecified atom stereocenters. The van der Waals surface area contributed by atoms with Gasteiger partial charge in [-0.1, -0.05) is 65.7 Å². The Kier molecular flexibility index (Phi) is 8.73. The number of rotatable bonds is 10. The summed E-state index contributed by atoms with van der Waals surface area (Å²) in [4.78, 5) is 1.66. The number of hydrogen-bond donors (Lipinski definition) is 0. The van der Waals surface area contributed by atoms with E-state index < -0.39 is 0 Å². The number of hydrogen-bond acceptors (Lipinski definition) is 1. The van der Waals surface area contributed by atoms with E-state index in [2.05, 4.69) is 55.7 Å². The van der Waals surface area contributed by atoms with Crippen molar-refractivity contribution in [2.75, 3.05) is 0 Å². The Morgan fingerprint density at radius 1 is 1.00 bits per heavy atom. The summed E-state index contributed by atoms with van der Waals surface area (Å²) in [6, 6.07) is 0. The molecule has 1 rings (SSSR count). The molecular formula is C18H31IS. The lowest BCUT2D eigenvalue weighted by atomic mass is 9.77. The van der Waals surface area contributed by atoms with E-state index in [1.807, 2.05) is 11.3 Å². The van der Waals surface area contributed by atoms with Gasteiger partial charge in [0.1, 0.15) is 0 Å². The van der Waals surface area contributed by atoms with Crippen LogP contribution in [0.2, 0.25) is 0 Å². The maximum absolute atomic E-state index is 2.52. The molecule has 1 atom stereocenters. The van der Waals surface area contributed by atoms with Gasteiger partial charge in [-0.2, -0.15) is 0 Å². The molecule has 1 aromatic rings. The molecule has 0 saturated heterocycles. The van der Waals surface area contributed by atoms with Crippen molar-refractivity contribution in [3.63, 3.8) is 0 Å². The second-order valence-electron chi connectivity index (χ2n) is 6.37. The maximum atomic E-state index is 2.52. The van der Waals surface area contributed by atoms with Gasteiger partial charge in [-0.15, -0.1) is 11.3 Å². The highest BCUT2D eigenvalue weighted by atomic mass is 127. The van der Waals surface area contributed by atoms with Gasteiger partial charge < -0.3 is 0 Å². The molecule has 20 heavy (non-hydrogen) atoms. The molecule has 0 spiro atoms. The molecule has 116 valence electrons. The van der Waals surface area contributed by atoms with E-state index in [1.165, 1.54) is 61.4 Å². The van der Waals surface area contributed by atoms with Gasteiger partial charge in [-0.25, -0.2) is 0 Å². The smallest absolute Gasteiger partial charge is 0.0269 e. The molecule has 0 nitrogen and oxygen atoms in total. The molecule has 0 aliphatic rings. The Morgan fingerprint density at radius 2 is 1.55 bits per heavy atom. The van der Waals surface area contributed by atoms with Crippen molar-refractivity contribution in [3.8, 4) is 0 Å². The Morgan fingerprint density at radius 3 is 2.05 bits per heavy atom. The average Bonchev–Trinajstić information content (AvgIpc) is 2.76. The summed E-state index contributed by atoms with van der Waals surface area (Å²) in [5.74, 6) is 0. The van der Waals surface area contributed by atoms with E-state index in [0.717, 1.165) is 0 Å². The molecule has 0 aliphatic carbocycles. The van der Waals surface area contributed by atoms with Crippen LogP contribution >= 0.6 is 33.9 Å². The lowest BCUT2D eigenvalue weighted by molar-refractivity contribution is 0.370. The third kappa shape index (κ3) is 5.32. The minimum absolute atomic E-state index is 0.418. The van der Waals surface area contributed by atoms with Crippen molar-refractivity contribution in [1.82, 2.24) is 0 Å². The highest BCUT2D eigenvalue weighted by Crippen LogP contribution is 2.41. The fraction of sp³-hybridized carbons (Fsp3) is 0.778. The van der Waals surface area contributed by atoms with Gasteiger partial charge in [0.05, 0.1) is 0 Å². The zero-order valence-corrected chi connectivity index (χ0v) is 16.7. The van der Waals surface area contributed by atoms with Gasteiger partial charge in [0.15, 0.2) is 0 Å². The van der Waals surface area contributed by atoms with Crippen LogP contribution in [-0.4, -0.2) is 0 Å². The lowest BCUT2D eigenvalue weighted by Crippen LogP contribution is -2.22. The van der Waals surface area contributed by atoms with Crippen LogP contribution < -0.4 is 0 Å². The first-order valence-corrected chi connectivity index (χ1v) is 10.2. The highest BCUT2D eigenvalue weighted by Gasteiger charge is 2.29. The molecule has 0 amide bonds. The van der Waals surface area contributed by atoms with Gasteiger partial charge in [0.2, 0.25) is 0 Å². The molecule has 2 heteroatoms. The van der Waals surface area contributed by atoms with E-state index in [1.54, 1.807) is 10.4 Å². The first-order valence-electron chi connectivity index (χ1n) is 8.29. The van der Waals surface area contributed by atoms with Crippen LogP contribution in [0.1, 0.15) is 89.0 Å². The lowest BCUT2D eigenvalue weighted by Gasteiger charge is -2.30. The Bertz CT molecular complexity index is 383. The van der Waals surface area contributed by atoms with E-state index in [9.17, 15) is 0 Å². The summed E-state index contributed by atoms with van der Waals surface area (Å²) in [5, 5.41) is 2.34. The van der Waals surface area contributed by atoms with E-state index in [0.29, 0.717) is 5.41 Å². The minimum atomic E-state index is 0.418. The second-order valence-corrected chi connectivity index (χ2v) is 8.41. The van der Waals surface area contributed by atoms with Gasteiger partial charge in [0, 0.05) is 19.2 Å². The van der Waals surface area contributed by atoms with E-state index in [-0.39, 0.29) is 0 Å². The molecule has 0 aliphatic heterocycles. The second kappa shape index (κ2) is 9.45. The maximum Gasteiger partial charge on any atom is 0.0269 e. The Balaban J connectivity index is 2.74. The van der Waals surface area contributed by atoms with Crippen molar-refractivity contribution in [2.24, 2.45) is 0 Å². The predicted molar refractivity (Wildman–Crippen MR) is 102 cm³/mol. The van der Waals surface area contributed by atoms with Crippen molar-refractivity contribution in [2.45, 2.75) is 90.9 Å². The third-order valence-corrected chi connectivity index (χ3v) is 7.37. The Labute approximate surface area is 143 Å². The van der Waals surface area contributed by atoms with Crippen LogP contribution in [0.15, 0.2) is 5.38 Å². The number of thiophene rings is 1. The topological polar surface area (TPSA) is 0 Å². The quantitative estimate of drug-likeness (QED) is 0.279. The number of halogens is 1. The van der Waals surface area contributed by atoms with Crippen LogP contribution in [0.4, 0.5) is 0 Å². The Hall–Kier alpha value is 0.430. The predicted octanol–water partition coefficient (Wildman–Crippen LogP) is 7.47. The monoisotopic (exact) mass is 406 g/mol. The van der Waals surface area contributed by atoms with Crippen LogP contribution in [0.5, 0.6) is 0 Å². The first kappa shape index (κ1) is 18.5. The van der Waals surface area contributed by atoms with E-state index in [4.69, 9.17) is 0 Å².